The zero-order valence-corrected chi connectivity index (χ0v) is 16.1. The topological polar surface area (TPSA) is 58.6 Å². The summed E-state index contributed by atoms with van der Waals surface area (Å²) < 4.78 is 5.40. The molecule has 0 saturated carbocycles. The van der Waals surface area contributed by atoms with E-state index in [-0.39, 0.29) is 17.9 Å². The summed E-state index contributed by atoms with van der Waals surface area (Å²) in [6.45, 7) is 7.27. The third-order valence-electron chi connectivity index (χ3n) is 3.86. The number of carbonyl (C=O) groups excluding carboxylic acids is 2. The van der Waals surface area contributed by atoms with Gasteiger partial charge in [0, 0.05) is 30.3 Å². The van der Waals surface area contributed by atoms with Crippen LogP contribution in [0.3, 0.4) is 0 Å². The molecule has 0 radical (unpaired) electrons. The highest BCUT2D eigenvalue weighted by Crippen LogP contribution is 2.20. The van der Waals surface area contributed by atoms with Gasteiger partial charge in [-0.05, 0) is 45.7 Å². The van der Waals surface area contributed by atoms with Crippen molar-refractivity contribution in [3.63, 3.8) is 0 Å². The fourth-order valence-electron chi connectivity index (χ4n) is 2.69. The Hall–Kier alpha value is -1.69. The highest BCUT2D eigenvalue weighted by atomic mass is 32.2. The molecule has 0 unspecified atom stereocenters. The lowest BCUT2D eigenvalue weighted by Crippen LogP contribution is -2.47. The molecule has 6 heteroatoms. The second-order valence-corrected chi connectivity index (χ2v) is 8.39. The fraction of sp³-hybridized carbons (Fsp3) is 0.579. The van der Waals surface area contributed by atoms with E-state index in [2.05, 4.69) is 17.4 Å². The van der Waals surface area contributed by atoms with Crippen molar-refractivity contribution in [1.82, 2.24) is 10.2 Å². The Morgan fingerprint density at radius 1 is 1.28 bits per heavy atom. The van der Waals surface area contributed by atoms with Crippen molar-refractivity contribution in [3.8, 4) is 0 Å². The van der Waals surface area contributed by atoms with Gasteiger partial charge in [0.2, 0.25) is 5.91 Å². The summed E-state index contributed by atoms with van der Waals surface area (Å²) in [6, 6.07) is 10.1. The quantitative estimate of drug-likeness (QED) is 0.641. The van der Waals surface area contributed by atoms with Crippen molar-refractivity contribution >= 4 is 23.8 Å². The molecule has 2 amide bonds. The zero-order valence-electron chi connectivity index (χ0n) is 15.3. The molecule has 1 aromatic carbocycles. The average molecular weight is 365 g/mol. The number of likely N-dealkylation sites (tertiary alicyclic amines) is 1. The van der Waals surface area contributed by atoms with Gasteiger partial charge in [0.05, 0.1) is 5.92 Å². The smallest absolute Gasteiger partial charge is 0.410 e. The molecule has 1 N–H and O–H groups in total. The Balaban J connectivity index is 1.72. The maximum atomic E-state index is 12.4. The Bertz CT molecular complexity index is 572. The molecule has 1 atom stereocenters. The molecule has 5 nitrogen and oxygen atoms in total. The van der Waals surface area contributed by atoms with Gasteiger partial charge < -0.3 is 15.0 Å². The van der Waals surface area contributed by atoms with Crippen molar-refractivity contribution in [2.24, 2.45) is 5.92 Å². The Morgan fingerprint density at radius 2 is 2.00 bits per heavy atom. The summed E-state index contributed by atoms with van der Waals surface area (Å²) in [5.41, 5.74) is -0.513. The molecule has 1 aliphatic rings. The summed E-state index contributed by atoms with van der Waals surface area (Å²) in [4.78, 5) is 27.4. The molecular formula is C19H28N2O3S. The minimum absolute atomic E-state index is 0.0296. The lowest BCUT2D eigenvalue weighted by Gasteiger charge is -2.33. The van der Waals surface area contributed by atoms with Crippen molar-refractivity contribution in [2.75, 3.05) is 25.4 Å². The first-order valence-electron chi connectivity index (χ1n) is 8.78. The molecule has 25 heavy (non-hydrogen) atoms. The van der Waals surface area contributed by atoms with Gasteiger partial charge in [-0.15, -0.1) is 11.8 Å². The van der Waals surface area contributed by atoms with Gasteiger partial charge in [0.25, 0.3) is 0 Å². The minimum Gasteiger partial charge on any atom is -0.444 e. The van der Waals surface area contributed by atoms with Crippen LogP contribution in [0.25, 0.3) is 0 Å². The van der Waals surface area contributed by atoms with Crippen LogP contribution in [-0.4, -0.2) is 47.9 Å². The lowest BCUT2D eigenvalue weighted by atomic mass is 9.97. The predicted molar refractivity (Wildman–Crippen MR) is 101 cm³/mol. The first-order valence-corrected chi connectivity index (χ1v) is 9.77. The van der Waals surface area contributed by atoms with Gasteiger partial charge >= 0.3 is 6.09 Å². The van der Waals surface area contributed by atoms with Crippen molar-refractivity contribution in [3.05, 3.63) is 30.3 Å². The number of rotatable bonds is 5. The molecule has 1 aromatic rings. The number of carbonyl (C=O) groups is 2. The summed E-state index contributed by atoms with van der Waals surface area (Å²) in [5.74, 6) is 0.711. The Labute approximate surface area is 154 Å². The zero-order chi connectivity index (χ0) is 18.3. The van der Waals surface area contributed by atoms with E-state index in [1.807, 2.05) is 39.0 Å². The second-order valence-electron chi connectivity index (χ2n) is 7.22. The van der Waals surface area contributed by atoms with Crippen molar-refractivity contribution in [2.45, 2.75) is 44.1 Å². The van der Waals surface area contributed by atoms with Gasteiger partial charge in [-0.2, -0.15) is 0 Å². The van der Waals surface area contributed by atoms with Crippen LogP contribution in [-0.2, 0) is 9.53 Å². The van der Waals surface area contributed by atoms with E-state index >= 15 is 0 Å². The number of thioether (sulfide) groups is 1. The van der Waals surface area contributed by atoms with Crippen LogP contribution in [0.1, 0.15) is 33.6 Å². The second kappa shape index (κ2) is 9.13. The van der Waals surface area contributed by atoms with E-state index < -0.39 is 5.60 Å². The van der Waals surface area contributed by atoms with Gasteiger partial charge in [0.1, 0.15) is 5.60 Å². The van der Waals surface area contributed by atoms with Gasteiger partial charge in [-0.25, -0.2) is 4.79 Å². The van der Waals surface area contributed by atoms with Crippen molar-refractivity contribution in [1.29, 1.82) is 0 Å². The number of nitrogens with one attached hydrogen (secondary N) is 1. The molecule has 138 valence electrons. The summed E-state index contributed by atoms with van der Waals surface area (Å²) in [7, 11) is 0. The van der Waals surface area contributed by atoms with Gasteiger partial charge in [-0.1, -0.05) is 18.2 Å². The standard InChI is InChI=1S/C19H28N2O3S/c1-19(2,3)24-18(23)21-12-7-8-15(14-21)17(22)20-11-13-25-16-9-5-4-6-10-16/h4-6,9-10,15H,7-8,11-14H2,1-3H3,(H,20,22)/t15-/m1/s1. The van der Waals surface area contributed by atoms with E-state index in [4.69, 9.17) is 4.74 Å². The molecule has 0 spiro atoms. The minimum atomic E-state index is -0.513. The maximum absolute atomic E-state index is 12.4. The molecule has 2 rings (SSSR count). The van der Waals surface area contributed by atoms with E-state index in [0.717, 1.165) is 18.6 Å². The number of benzene rings is 1. The van der Waals surface area contributed by atoms with Crippen LogP contribution in [0, 0.1) is 5.92 Å². The molecular weight excluding hydrogens is 336 g/mol. The van der Waals surface area contributed by atoms with E-state index in [1.165, 1.54) is 4.90 Å². The Morgan fingerprint density at radius 3 is 2.68 bits per heavy atom. The van der Waals surface area contributed by atoms with Crippen LogP contribution in [0.5, 0.6) is 0 Å². The highest BCUT2D eigenvalue weighted by molar-refractivity contribution is 7.99. The lowest BCUT2D eigenvalue weighted by molar-refractivity contribution is -0.126. The van der Waals surface area contributed by atoms with Crippen LogP contribution in [0.4, 0.5) is 4.79 Å². The number of ether oxygens (including phenoxy) is 1. The summed E-state index contributed by atoms with van der Waals surface area (Å²) in [6.07, 6.45) is 1.32. The molecule has 1 saturated heterocycles. The van der Waals surface area contributed by atoms with E-state index in [0.29, 0.717) is 19.6 Å². The largest absolute Gasteiger partial charge is 0.444 e. The number of hydrogen-bond donors (Lipinski definition) is 1. The molecule has 1 fully saturated rings. The first kappa shape index (κ1) is 19.6. The number of piperidine rings is 1. The summed E-state index contributed by atoms with van der Waals surface area (Å²) >= 11 is 1.72. The predicted octanol–water partition coefficient (Wildman–Crippen LogP) is 3.54. The number of nitrogens with zero attached hydrogens (tertiary/aromatic N) is 1. The van der Waals surface area contributed by atoms with Crippen LogP contribution >= 0.6 is 11.8 Å². The fourth-order valence-corrected chi connectivity index (χ4v) is 3.48. The van der Waals surface area contributed by atoms with E-state index in [9.17, 15) is 9.59 Å². The first-order chi connectivity index (χ1) is 11.8. The molecule has 1 heterocycles. The SMILES string of the molecule is CC(C)(C)OC(=O)N1CCC[C@@H](C(=O)NCCSc2ccccc2)C1. The van der Waals surface area contributed by atoms with Crippen LogP contribution in [0.15, 0.2) is 35.2 Å². The number of hydrogen-bond acceptors (Lipinski definition) is 4. The monoisotopic (exact) mass is 364 g/mol. The third-order valence-corrected chi connectivity index (χ3v) is 4.87. The van der Waals surface area contributed by atoms with Crippen LogP contribution in [0.2, 0.25) is 0 Å². The van der Waals surface area contributed by atoms with Crippen LogP contribution < -0.4 is 5.32 Å². The summed E-state index contributed by atoms with van der Waals surface area (Å²) in [5, 5.41) is 2.99. The average Bonchev–Trinajstić information content (AvgIpc) is 2.58. The third kappa shape index (κ3) is 6.98. The highest BCUT2D eigenvalue weighted by Gasteiger charge is 2.30. The number of amides is 2. The maximum Gasteiger partial charge on any atom is 0.410 e. The molecule has 0 bridgehead atoms. The van der Waals surface area contributed by atoms with E-state index in [1.54, 1.807) is 16.7 Å². The van der Waals surface area contributed by atoms with Crippen molar-refractivity contribution < 1.29 is 14.3 Å². The van der Waals surface area contributed by atoms with Gasteiger partial charge in [-0.3, -0.25) is 4.79 Å². The Kier molecular flexibility index (Phi) is 7.17. The molecule has 0 aromatic heterocycles. The van der Waals surface area contributed by atoms with Gasteiger partial charge in [0.15, 0.2) is 0 Å². The molecule has 1 aliphatic heterocycles. The normalized spacial score (nSPS) is 17.9. The molecule has 0 aliphatic carbocycles.